The van der Waals surface area contributed by atoms with Gasteiger partial charge in [-0.3, -0.25) is 9.48 Å². The van der Waals surface area contributed by atoms with Crippen molar-refractivity contribution in [1.82, 2.24) is 15.1 Å². The SMILES string of the molecule is CC(C)n1nccc1C(=O)NC1C2CCC(C2)C1CO. The molecule has 1 amide bonds. The minimum Gasteiger partial charge on any atom is -0.396 e. The summed E-state index contributed by atoms with van der Waals surface area (Å²) in [5, 5.41) is 16.9. The minimum atomic E-state index is -0.0628. The summed E-state index contributed by atoms with van der Waals surface area (Å²) in [5.74, 6) is 1.29. The number of nitrogens with one attached hydrogen (secondary N) is 1. The van der Waals surface area contributed by atoms with Gasteiger partial charge in [0.05, 0.1) is 0 Å². The lowest BCUT2D eigenvalue weighted by Gasteiger charge is -2.30. The van der Waals surface area contributed by atoms with Crippen molar-refractivity contribution in [2.75, 3.05) is 6.61 Å². The maximum atomic E-state index is 12.5. The lowest BCUT2D eigenvalue weighted by molar-refractivity contribution is 0.0849. The van der Waals surface area contributed by atoms with E-state index in [2.05, 4.69) is 10.4 Å². The summed E-state index contributed by atoms with van der Waals surface area (Å²) < 4.78 is 1.75. The third-order valence-electron chi connectivity index (χ3n) is 4.99. The number of carbonyl (C=O) groups excluding carboxylic acids is 1. The largest absolute Gasteiger partial charge is 0.396 e. The predicted molar refractivity (Wildman–Crippen MR) is 75.3 cm³/mol. The van der Waals surface area contributed by atoms with E-state index in [0.717, 1.165) is 6.42 Å². The standard InChI is InChI=1S/C15H23N3O2/c1-9(2)18-13(5-6-16-18)15(20)17-14-11-4-3-10(7-11)12(14)8-19/h5-6,9-12,14,19H,3-4,7-8H2,1-2H3,(H,17,20). The van der Waals surface area contributed by atoms with Crippen LogP contribution in [-0.2, 0) is 0 Å². The Kier molecular flexibility index (Phi) is 3.54. The predicted octanol–water partition coefficient (Wildman–Crippen LogP) is 1.60. The van der Waals surface area contributed by atoms with Crippen LogP contribution in [0.5, 0.6) is 0 Å². The maximum Gasteiger partial charge on any atom is 0.269 e. The lowest BCUT2D eigenvalue weighted by Crippen LogP contribution is -2.45. The van der Waals surface area contributed by atoms with Crippen molar-refractivity contribution >= 4 is 5.91 Å². The first kappa shape index (κ1) is 13.6. The number of aromatic nitrogens is 2. The number of nitrogens with zero attached hydrogens (tertiary/aromatic N) is 2. The maximum absolute atomic E-state index is 12.5. The average molecular weight is 277 g/mol. The van der Waals surface area contributed by atoms with Crippen molar-refractivity contribution in [2.24, 2.45) is 17.8 Å². The Morgan fingerprint density at radius 3 is 2.95 bits per heavy atom. The van der Waals surface area contributed by atoms with E-state index in [0.29, 0.717) is 17.5 Å². The molecule has 0 radical (unpaired) electrons. The molecule has 1 aromatic heterocycles. The zero-order valence-electron chi connectivity index (χ0n) is 12.1. The Hall–Kier alpha value is -1.36. The fourth-order valence-electron chi connectivity index (χ4n) is 4.03. The molecule has 0 aromatic carbocycles. The number of carbonyl (C=O) groups is 1. The highest BCUT2D eigenvalue weighted by atomic mass is 16.3. The average Bonchev–Trinajstić information content (AvgIpc) is 3.13. The van der Waals surface area contributed by atoms with Crippen LogP contribution in [0, 0.1) is 17.8 Å². The van der Waals surface area contributed by atoms with Gasteiger partial charge in [-0.1, -0.05) is 0 Å². The summed E-state index contributed by atoms with van der Waals surface area (Å²) in [5.41, 5.74) is 0.611. The van der Waals surface area contributed by atoms with Crippen molar-refractivity contribution in [2.45, 2.75) is 45.2 Å². The Morgan fingerprint density at radius 1 is 1.50 bits per heavy atom. The number of amides is 1. The van der Waals surface area contributed by atoms with Crippen LogP contribution >= 0.6 is 0 Å². The molecule has 20 heavy (non-hydrogen) atoms. The molecule has 5 nitrogen and oxygen atoms in total. The summed E-state index contributed by atoms with van der Waals surface area (Å²) in [4.78, 5) is 12.5. The van der Waals surface area contributed by atoms with E-state index in [1.165, 1.54) is 12.8 Å². The number of aliphatic hydroxyl groups excluding tert-OH is 1. The van der Waals surface area contributed by atoms with Crippen LogP contribution in [0.1, 0.15) is 49.6 Å². The Labute approximate surface area is 119 Å². The van der Waals surface area contributed by atoms with Crippen LogP contribution < -0.4 is 5.32 Å². The zero-order valence-corrected chi connectivity index (χ0v) is 12.1. The zero-order chi connectivity index (χ0) is 14.3. The van der Waals surface area contributed by atoms with E-state index in [9.17, 15) is 9.90 Å². The van der Waals surface area contributed by atoms with Crippen molar-refractivity contribution in [3.8, 4) is 0 Å². The Balaban J connectivity index is 1.74. The van der Waals surface area contributed by atoms with Crippen molar-refractivity contribution < 1.29 is 9.90 Å². The first-order valence-electron chi connectivity index (χ1n) is 7.57. The van der Waals surface area contributed by atoms with E-state index >= 15 is 0 Å². The summed E-state index contributed by atoms with van der Waals surface area (Å²) in [6.45, 7) is 4.20. The highest BCUT2D eigenvalue weighted by Crippen LogP contribution is 2.48. The number of fused-ring (bicyclic) bond motifs is 2. The van der Waals surface area contributed by atoms with Crippen molar-refractivity contribution in [1.29, 1.82) is 0 Å². The minimum absolute atomic E-state index is 0.0628. The van der Waals surface area contributed by atoms with Crippen LogP contribution in [0.15, 0.2) is 12.3 Å². The summed E-state index contributed by atoms with van der Waals surface area (Å²) in [7, 11) is 0. The quantitative estimate of drug-likeness (QED) is 0.878. The molecule has 1 heterocycles. The van der Waals surface area contributed by atoms with Crippen LogP contribution in [0.3, 0.4) is 0 Å². The summed E-state index contributed by atoms with van der Waals surface area (Å²) >= 11 is 0. The van der Waals surface area contributed by atoms with Crippen LogP contribution in [0.25, 0.3) is 0 Å². The van der Waals surface area contributed by atoms with E-state index < -0.39 is 0 Å². The van der Waals surface area contributed by atoms with Gasteiger partial charge in [-0.15, -0.1) is 0 Å². The highest BCUT2D eigenvalue weighted by molar-refractivity contribution is 5.92. The summed E-state index contributed by atoms with van der Waals surface area (Å²) in [6, 6.07) is 2.05. The topological polar surface area (TPSA) is 67.2 Å². The molecular weight excluding hydrogens is 254 g/mol. The van der Waals surface area contributed by atoms with Crippen LogP contribution in [0.2, 0.25) is 0 Å². The molecule has 3 rings (SSSR count). The molecule has 2 aliphatic rings. The molecule has 2 fully saturated rings. The van der Waals surface area contributed by atoms with Crippen LogP contribution in [-0.4, -0.2) is 33.4 Å². The third-order valence-corrected chi connectivity index (χ3v) is 4.99. The van der Waals surface area contributed by atoms with Gasteiger partial charge in [0.2, 0.25) is 0 Å². The monoisotopic (exact) mass is 277 g/mol. The molecule has 5 heteroatoms. The fourth-order valence-corrected chi connectivity index (χ4v) is 4.03. The first-order valence-corrected chi connectivity index (χ1v) is 7.57. The van der Waals surface area contributed by atoms with Gasteiger partial charge in [-0.25, -0.2) is 0 Å². The second-order valence-corrected chi connectivity index (χ2v) is 6.43. The fraction of sp³-hybridized carbons (Fsp3) is 0.733. The lowest BCUT2D eigenvalue weighted by atomic mass is 9.85. The second kappa shape index (κ2) is 5.20. The molecule has 2 N–H and O–H groups in total. The van der Waals surface area contributed by atoms with Crippen LogP contribution in [0.4, 0.5) is 0 Å². The molecule has 4 unspecified atom stereocenters. The van der Waals surface area contributed by atoms with Gasteiger partial charge in [0.25, 0.3) is 5.91 Å². The first-order chi connectivity index (χ1) is 9.61. The van der Waals surface area contributed by atoms with E-state index in [4.69, 9.17) is 0 Å². The number of hydrogen-bond acceptors (Lipinski definition) is 3. The third kappa shape index (κ3) is 2.14. The van der Waals surface area contributed by atoms with Gasteiger partial charge in [0, 0.05) is 30.8 Å². The highest BCUT2D eigenvalue weighted by Gasteiger charge is 2.47. The van der Waals surface area contributed by atoms with Crippen molar-refractivity contribution in [3.63, 3.8) is 0 Å². The molecular formula is C15H23N3O2. The molecule has 110 valence electrons. The molecule has 2 aliphatic carbocycles. The van der Waals surface area contributed by atoms with Gasteiger partial charge in [-0.2, -0.15) is 5.10 Å². The van der Waals surface area contributed by atoms with E-state index in [1.807, 2.05) is 13.8 Å². The summed E-state index contributed by atoms with van der Waals surface area (Å²) in [6.07, 6.45) is 5.20. The Bertz CT molecular complexity index is 497. The van der Waals surface area contributed by atoms with Gasteiger partial charge < -0.3 is 10.4 Å². The van der Waals surface area contributed by atoms with Gasteiger partial charge in [0.1, 0.15) is 5.69 Å². The van der Waals surface area contributed by atoms with Crippen molar-refractivity contribution in [3.05, 3.63) is 18.0 Å². The molecule has 0 spiro atoms. The smallest absolute Gasteiger partial charge is 0.269 e. The molecule has 2 bridgehead atoms. The van der Waals surface area contributed by atoms with Gasteiger partial charge in [0.15, 0.2) is 0 Å². The normalized spacial score (nSPS) is 32.0. The molecule has 2 saturated carbocycles. The van der Waals surface area contributed by atoms with E-state index in [-0.39, 0.29) is 30.5 Å². The van der Waals surface area contributed by atoms with Gasteiger partial charge >= 0.3 is 0 Å². The van der Waals surface area contributed by atoms with Gasteiger partial charge in [-0.05, 0) is 51.0 Å². The second-order valence-electron chi connectivity index (χ2n) is 6.43. The molecule has 1 aromatic rings. The number of hydrogen-bond donors (Lipinski definition) is 2. The molecule has 0 aliphatic heterocycles. The number of aliphatic hydroxyl groups is 1. The number of rotatable bonds is 4. The molecule has 4 atom stereocenters. The molecule has 0 saturated heterocycles. The Morgan fingerprint density at radius 2 is 2.25 bits per heavy atom. The van der Waals surface area contributed by atoms with E-state index in [1.54, 1.807) is 16.9 Å².